The Morgan fingerprint density at radius 1 is 0.275 bits per heavy atom. The van der Waals surface area contributed by atoms with Crippen molar-refractivity contribution in [3.05, 3.63) is 200 Å². The summed E-state index contributed by atoms with van der Waals surface area (Å²) in [7, 11) is 0. The zero-order valence-corrected chi connectivity index (χ0v) is 27.9. The minimum absolute atomic E-state index is 1.11. The van der Waals surface area contributed by atoms with Crippen molar-refractivity contribution in [2.45, 2.75) is 0 Å². The summed E-state index contributed by atoms with van der Waals surface area (Å²) >= 11 is 0. The van der Waals surface area contributed by atoms with Gasteiger partial charge in [-0.15, -0.1) is 0 Å². The number of para-hydroxylation sites is 5. The van der Waals surface area contributed by atoms with Gasteiger partial charge < -0.3 is 14.0 Å². The van der Waals surface area contributed by atoms with Gasteiger partial charge in [-0.25, -0.2) is 0 Å². The summed E-state index contributed by atoms with van der Waals surface area (Å²) < 4.78 is 4.78. The van der Waals surface area contributed by atoms with Crippen molar-refractivity contribution < 1.29 is 0 Å². The van der Waals surface area contributed by atoms with Gasteiger partial charge in [-0.2, -0.15) is 0 Å². The molecule has 8 aromatic carbocycles. The Hall–Kier alpha value is -6.84. The van der Waals surface area contributed by atoms with Gasteiger partial charge in [-0.1, -0.05) is 109 Å². The van der Waals surface area contributed by atoms with Gasteiger partial charge in [-0.3, -0.25) is 0 Å². The largest absolute Gasteiger partial charge is 0.310 e. The van der Waals surface area contributed by atoms with Crippen LogP contribution in [-0.2, 0) is 0 Å². The molecule has 0 atom stereocenters. The van der Waals surface area contributed by atoms with Crippen LogP contribution in [0.1, 0.15) is 0 Å². The van der Waals surface area contributed by atoms with E-state index >= 15 is 0 Å². The van der Waals surface area contributed by atoms with E-state index in [1.165, 1.54) is 60.4 Å². The molecule has 0 amide bonds. The summed E-state index contributed by atoms with van der Waals surface area (Å²) in [5.74, 6) is 0. The van der Waals surface area contributed by atoms with Crippen molar-refractivity contribution in [2.24, 2.45) is 0 Å². The van der Waals surface area contributed by atoms with Gasteiger partial charge in [-0.05, 0) is 102 Å². The molecule has 0 saturated carbocycles. The van der Waals surface area contributed by atoms with Crippen LogP contribution < -0.4 is 4.90 Å². The third-order valence-corrected chi connectivity index (χ3v) is 10.1. The lowest BCUT2D eigenvalue weighted by molar-refractivity contribution is 1.17. The van der Waals surface area contributed by atoms with Gasteiger partial charge >= 0.3 is 0 Å². The van der Waals surface area contributed by atoms with Crippen LogP contribution in [0.4, 0.5) is 17.1 Å². The second kappa shape index (κ2) is 11.9. The Morgan fingerprint density at radius 3 is 1.24 bits per heavy atom. The Bertz CT molecular complexity index is 2810. The molecule has 0 radical (unpaired) electrons. The third-order valence-electron chi connectivity index (χ3n) is 10.1. The van der Waals surface area contributed by atoms with Crippen LogP contribution in [0.2, 0.25) is 0 Å². The predicted octanol–water partition coefficient (Wildman–Crippen LogP) is 13.0. The van der Waals surface area contributed by atoms with Crippen molar-refractivity contribution in [1.29, 1.82) is 0 Å². The zero-order valence-electron chi connectivity index (χ0n) is 27.9. The fourth-order valence-electron chi connectivity index (χ4n) is 7.81. The number of rotatable bonds is 6. The number of anilines is 3. The monoisotopic (exact) mass is 651 g/mol. The topological polar surface area (TPSA) is 13.1 Å². The summed E-state index contributed by atoms with van der Waals surface area (Å²) in [6.45, 7) is 0. The Kier molecular flexibility index (Phi) is 6.81. The van der Waals surface area contributed by atoms with Gasteiger partial charge in [0, 0.05) is 50.0 Å². The first-order valence-corrected chi connectivity index (χ1v) is 17.4. The lowest BCUT2D eigenvalue weighted by Crippen LogP contribution is -2.10. The normalized spacial score (nSPS) is 11.5. The molecule has 0 unspecified atom stereocenters. The van der Waals surface area contributed by atoms with Crippen LogP contribution in [0.25, 0.3) is 66.1 Å². The molecular formula is C48H33N3. The quantitative estimate of drug-likeness (QED) is 0.174. The molecular weight excluding hydrogens is 619 g/mol. The first-order valence-electron chi connectivity index (χ1n) is 17.4. The fraction of sp³-hybridized carbons (Fsp3) is 0. The molecule has 0 aliphatic heterocycles. The van der Waals surface area contributed by atoms with E-state index in [1.54, 1.807) is 0 Å². The summed E-state index contributed by atoms with van der Waals surface area (Å²) in [4.78, 5) is 2.32. The molecule has 3 heteroatoms. The van der Waals surface area contributed by atoms with Gasteiger partial charge in [0.2, 0.25) is 0 Å². The van der Waals surface area contributed by atoms with E-state index in [0.29, 0.717) is 0 Å². The Morgan fingerprint density at radius 2 is 0.686 bits per heavy atom. The number of aromatic nitrogens is 2. The lowest BCUT2D eigenvalue weighted by atomic mass is 10.0. The summed E-state index contributed by atoms with van der Waals surface area (Å²) in [5.41, 5.74) is 12.9. The predicted molar refractivity (Wildman–Crippen MR) is 215 cm³/mol. The van der Waals surface area contributed by atoms with E-state index in [2.05, 4.69) is 214 Å². The van der Waals surface area contributed by atoms with E-state index in [-0.39, 0.29) is 0 Å². The summed E-state index contributed by atoms with van der Waals surface area (Å²) in [6.07, 6.45) is 0. The summed E-state index contributed by atoms with van der Waals surface area (Å²) in [6, 6.07) is 72.0. The number of fused-ring (bicyclic) bond motifs is 6. The van der Waals surface area contributed by atoms with Crippen molar-refractivity contribution in [3.8, 4) is 22.5 Å². The summed E-state index contributed by atoms with van der Waals surface area (Å²) in [5, 5.41) is 5.00. The molecule has 0 N–H and O–H groups in total. The second-order valence-electron chi connectivity index (χ2n) is 13.0. The Labute approximate surface area is 296 Å². The molecule has 51 heavy (non-hydrogen) atoms. The maximum absolute atomic E-state index is 2.41. The van der Waals surface area contributed by atoms with Gasteiger partial charge in [0.05, 0.1) is 22.1 Å². The lowest BCUT2D eigenvalue weighted by Gasteiger charge is -2.26. The average molecular weight is 652 g/mol. The molecule has 0 aliphatic rings. The van der Waals surface area contributed by atoms with Crippen LogP contribution in [0.3, 0.4) is 0 Å². The minimum Gasteiger partial charge on any atom is -0.310 e. The average Bonchev–Trinajstić information content (AvgIpc) is 3.71. The number of hydrogen-bond acceptors (Lipinski definition) is 1. The van der Waals surface area contributed by atoms with Crippen molar-refractivity contribution >= 4 is 60.7 Å². The molecule has 10 aromatic rings. The van der Waals surface area contributed by atoms with Gasteiger partial charge in [0.25, 0.3) is 0 Å². The van der Waals surface area contributed by atoms with Crippen molar-refractivity contribution in [2.75, 3.05) is 4.90 Å². The third kappa shape index (κ3) is 4.82. The number of hydrogen-bond donors (Lipinski definition) is 0. The molecule has 0 spiro atoms. The van der Waals surface area contributed by atoms with Gasteiger partial charge in [0.1, 0.15) is 0 Å². The SMILES string of the molecule is c1ccc(N(c2ccccc2)c2cccc(-n3c4ccccc4c4cc(-c5ccc6c(c5)c5ccccc5n6-c5ccccc5)ccc43)c2)cc1. The van der Waals surface area contributed by atoms with E-state index in [1.807, 2.05) is 0 Å². The molecule has 2 heterocycles. The van der Waals surface area contributed by atoms with Crippen LogP contribution in [0, 0.1) is 0 Å². The zero-order chi connectivity index (χ0) is 33.7. The highest BCUT2D eigenvalue weighted by Gasteiger charge is 2.18. The number of benzene rings is 8. The van der Waals surface area contributed by atoms with E-state index < -0.39 is 0 Å². The van der Waals surface area contributed by atoms with E-state index in [4.69, 9.17) is 0 Å². The molecule has 0 aliphatic carbocycles. The highest BCUT2D eigenvalue weighted by Crippen LogP contribution is 2.40. The standard InChI is InChI=1S/C48H33N3/c1-4-15-36(16-5-1)49(37-17-6-2-7-18-37)39-21-14-22-40(33-39)51-46-26-13-11-24-42(46)44-32-35(28-30-48(44)51)34-27-29-47-43(31-34)41-23-10-12-25-45(41)50(47)38-19-8-3-9-20-38/h1-33H. The molecule has 0 saturated heterocycles. The van der Waals surface area contributed by atoms with Crippen LogP contribution in [-0.4, -0.2) is 9.13 Å². The van der Waals surface area contributed by atoms with Gasteiger partial charge in [0.15, 0.2) is 0 Å². The first-order chi connectivity index (χ1) is 25.3. The highest BCUT2D eigenvalue weighted by molar-refractivity contribution is 6.12. The maximum Gasteiger partial charge on any atom is 0.0541 e. The fourth-order valence-corrected chi connectivity index (χ4v) is 7.81. The van der Waals surface area contributed by atoms with Crippen LogP contribution in [0.5, 0.6) is 0 Å². The van der Waals surface area contributed by atoms with Crippen molar-refractivity contribution in [3.63, 3.8) is 0 Å². The molecule has 3 nitrogen and oxygen atoms in total. The first kappa shape index (κ1) is 29.1. The van der Waals surface area contributed by atoms with E-state index in [0.717, 1.165) is 22.7 Å². The second-order valence-corrected chi connectivity index (χ2v) is 13.0. The highest BCUT2D eigenvalue weighted by atomic mass is 15.1. The number of nitrogens with zero attached hydrogens (tertiary/aromatic N) is 3. The van der Waals surface area contributed by atoms with Crippen LogP contribution >= 0.6 is 0 Å². The minimum atomic E-state index is 1.11. The molecule has 2 aromatic heterocycles. The molecule has 10 rings (SSSR count). The molecule has 0 bridgehead atoms. The molecule has 240 valence electrons. The van der Waals surface area contributed by atoms with Crippen LogP contribution in [0.15, 0.2) is 200 Å². The Balaban J connectivity index is 1.13. The molecule has 0 fully saturated rings. The smallest absolute Gasteiger partial charge is 0.0541 e. The van der Waals surface area contributed by atoms with E-state index in [9.17, 15) is 0 Å². The maximum atomic E-state index is 2.41. The van der Waals surface area contributed by atoms with Crippen molar-refractivity contribution in [1.82, 2.24) is 9.13 Å².